The largest absolute Gasteiger partial charge is 0.491 e. The minimum atomic E-state index is -0.196. The van der Waals surface area contributed by atoms with Gasteiger partial charge in [-0.25, -0.2) is 4.98 Å². The van der Waals surface area contributed by atoms with Crippen molar-refractivity contribution in [1.82, 2.24) is 20.3 Å². The molecule has 1 aliphatic rings. The Labute approximate surface area is 185 Å². The molecule has 1 aliphatic heterocycles. The van der Waals surface area contributed by atoms with Gasteiger partial charge in [0, 0.05) is 35.0 Å². The third kappa shape index (κ3) is 5.65. The van der Waals surface area contributed by atoms with E-state index in [1.165, 1.54) is 4.88 Å². The van der Waals surface area contributed by atoms with E-state index in [4.69, 9.17) is 9.47 Å². The molecule has 1 saturated heterocycles. The summed E-state index contributed by atoms with van der Waals surface area (Å²) in [5.41, 5.74) is 2.94. The molecule has 1 amide bonds. The molecule has 0 saturated carbocycles. The van der Waals surface area contributed by atoms with Gasteiger partial charge in [-0.2, -0.15) is 0 Å². The zero-order valence-corrected chi connectivity index (χ0v) is 18.6. The van der Waals surface area contributed by atoms with E-state index in [2.05, 4.69) is 27.2 Å². The highest BCUT2D eigenvalue weighted by molar-refractivity contribution is 7.15. The molecule has 1 fully saturated rings. The van der Waals surface area contributed by atoms with Crippen molar-refractivity contribution in [1.29, 1.82) is 0 Å². The van der Waals surface area contributed by atoms with Gasteiger partial charge in [0.25, 0.3) is 5.91 Å². The average molecular weight is 439 g/mol. The van der Waals surface area contributed by atoms with E-state index in [0.29, 0.717) is 30.2 Å². The van der Waals surface area contributed by atoms with Gasteiger partial charge in [0.1, 0.15) is 17.4 Å². The second-order valence-corrected chi connectivity index (χ2v) is 8.62. The number of ether oxygens (including phenoxy) is 2. The van der Waals surface area contributed by atoms with Gasteiger partial charge in [-0.1, -0.05) is 6.92 Å². The monoisotopic (exact) mass is 438 g/mol. The van der Waals surface area contributed by atoms with Crippen LogP contribution in [0.2, 0.25) is 0 Å². The molecule has 8 heteroatoms. The van der Waals surface area contributed by atoms with Crippen molar-refractivity contribution < 1.29 is 14.3 Å². The number of nitrogens with one attached hydrogen (secondary N) is 1. The van der Waals surface area contributed by atoms with Crippen LogP contribution in [0.25, 0.3) is 10.6 Å². The van der Waals surface area contributed by atoms with Crippen LogP contribution in [0.3, 0.4) is 0 Å². The first-order chi connectivity index (χ1) is 15.1. The smallest absolute Gasteiger partial charge is 0.251 e. The van der Waals surface area contributed by atoms with Gasteiger partial charge in [0.05, 0.1) is 30.2 Å². The summed E-state index contributed by atoms with van der Waals surface area (Å²) in [7, 11) is 0. The fraction of sp³-hybridized carbons (Fsp3) is 0.391. The Bertz CT molecular complexity index is 1030. The number of aromatic nitrogens is 3. The molecule has 1 unspecified atom stereocenters. The normalized spacial score (nSPS) is 15.7. The lowest BCUT2D eigenvalue weighted by Gasteiger charge is -2.14. The van der Waals surface area contributed by atoms with Crippen molar-refractivity contribution in [3.05, 3.63) is 58.6 Å². The molecule has 0 aliphatic carbocycles. The maximum Gasteiger partial charge on any atom is 0.251 e. The maximum atomic E-state index is 12.9. The fourth-order valence-corrected chi connectivity index (χ4v) is 4.13. The number of carbonyl (C=O) groups excluding carboxylic acids is 1. The highest BCUT2D eigenvalue weighted by atomic mass is 32.1. The van der Waals surface area contributed by atoms with Crippen molar-refractivity contribution in [3.8, 4) is 16.3 Å². The summed E-state index contributed by atoms with van der Waals surface area (Å²) in [5.74, 6) is 0.444. The first kappa shape index (κ1) is 21.4. The highest BCUT2D eigenvalue weighted by Gasteiger charge is 2.18. The quantitative estimate of drug-likeness (QED) is 0.573. The number of nitrogens with zero attached hydrogens (tertiary/aromatic N) is 3. The fourth-order valence-electron chi connectivity index (χ4n) is 3.29. The van der Waals surface area contributed by atoms with E-state index >= 15 is 0 Å². The first-order valence-corrected chi connectivity index (χ1v) is 11.3. The van der Waals surface area contributed by atoms with Crippen molar-refractivity contribution in [2.75, 3.05) is 13.2 Å². The Morgan fingerprint density at radius 1 is 1.23 bits per heavy atom. The lowest BCUT2D eigenvalue weighted by Crippen LogP contribution is -2.23. The standard InChI is InChI=1S/C23H26N4O3S/c1-3-21-13-27-23(31-21)17-7-16(8-20(9-17)30-14-19-5-4-6-29-19)22(28)26-12-18-11-24-15(2)10-25-18/h7-11,13,19H,3-6,12,14H2,1-2H3,(H,26,28). The number of amides is 1. The Balaban J connectivity index is 1.53. The van der Waals surface area contributed by atoms with Crippen LogP contribution in [0.15, 0.2) is 36.8 Å². The van der Waals surface area contributed by atoms with E-state index in [9.17, 15) is 4.79 Å². The molecule has 4 rings (SSSR count). The van der Waals surface area contributed by atoms with Gasteiger partial charge in [0.15, 0.2) is 0 Å². The SMILES string of the molecule is CCc1cnc(-c2cc(OCC3CCCO3)cc(C(=O)NCc3cnc(C)cn3)c2)s1. The summed E-state index contributed by atoms with van der Waals surface area (Å²) in [6, 6.07) is 5.56. The van der Waals surface area contributed by atoms with E-state index in [0.717, 1.165) is 42.1 Å². The van der Waals surface area contributed by atoms with Crippen LogP contribution in [0, 0.1) is 6.92 Å². The number of benzene rings is 1. The van der Waals surface area contributed by atoms with E-state index < -0.39 is 0 Å². The molecule has 1 N–H and O–H groups in total. The molecule has 3 heterocycles. The molecule has 1 aromatic carbocycles. The van der Waals surface area contributed by atoms with Gasteiger partial charge in [-0.05, 0) is 44.4 Å². The molecule has 7 nitrogen and oxygen atoms in total. The average Bonchev–Trinajstić information content (AvgIpc) is 3.49. The molecular formula is C23H26N4O3S. The number of rotatable bonds is 8. The van der Waals surface area contributed by atoms with E-state index in [-0.39, 0.29) is 12.0 Å². The third-order valence-electron chi connectivity index (χ3n) is 5.04. The van der Waals surface area contributed by atoms with Gasteiger partial charge in [-0.3, -0.25) is 14.8 Å². The lowest BCUT2D eigenvalue weighted by molar-refractivity contribution is 0.0679. The van der Waals surface area contributed by atoms with Crippen LogP contribution in [-0.2, 0) is 17.7 Å². The summed E-state index contributed by atoms with van der Waals surface area (Å²) in [5, 5.41) is 3.79. The second-order valence-electron chi connectivity index (χ2n) is 7.51. The minimum absolute atomic E-state index is 0.104. The van der Waals surface area contributed by atoms with Crippen molar-refractivity contribution in [2.24, 2.45) is 0 Å². The van der Waals surface area contributed by atoms with Gasteiger partial charge >= 0.3 is 0 Å². The summed E-state index contributed by atoms with van der Waals surface area (Å²) in [4.78, 5) is 27.1. The van der Waals surface area contributed by atoms with Gasteiger partial charge in [-0.15, -0.1) is 11.3 Å². The molecule has 3 aromatic rings. The molecule has 31 heavy (non-hydrogen) atoms. The number of carbonyl (C=O) groups is 1. The highest BCUT2D eigenvalue weighted by Crippen LogP contribution is 2.30. The summed E-state index contributed by atoms with van der Waals surface area (Å²) in [6.07, 6.45) is 8.33. The third-order valence-corrected chi connectivity index (χ3v) is 6.23. The molecule has 0 radical (unpaired) electrons. The zero-order valence-electron chi connectivity index (χ0n) is 17.8. The van der Waals surface area contributed by atoms with E-state index in [1.54, 1.807) is 29.8 Å². The number of aryl methyl sites for hydroxylation is 2. The van der Waals surface area contributed by atoms with Crippen LogP contribution in [0.5, 0.6) is 5.75 Å². The molecular weight excluding hydrogens is 412 g/mol. The van der Waals surface area contributed by atoms with Crippen LogP contribution < -0.4 is 10.1 Å². The number of thiazole rings is 1. The van der Waals surface area contributed by atoms with Crippen LogP contribution in [0.1, 0.15) is 46.4 Å². The van der Waals surface area contributed by atoms with Crippen molar-refractivity contribution >= 4 is 17.2 Å². The van der Waals surface area contributed by atoms with Crippen LogP contribution in [0.4, 0.5) is 0 Å². The van der Waals surface area contributed by atoms with Crippen molar-refractivity contribution in [2.45, 2.75) is 45.8 Å². The van der Waals surface area contributed by atoms with Gasteiger partial charge in [0.2, 0.25) is 0 Å². The number of hydrogen-bond donors (Lipinski definition) is 1. The van der Waals surface area contributed by atoms with E-state index in [1.807, 2.05) is 25.3 Å². The van der Waals surface area contributed by atoms with Crippen LogP contribution in [-0.4, -0.2) is 40.2 Å². The predicted molar refractivity (Wildman–Crippen MR) is 119 cm³/mol. The molecule has 2 aromatic heterocycles. The summed E-state index contributed by atoms with van der Waals surface area (Å²) in [6.45, 7) is 5.54. The Morgan fingerprint density at radius 3 is 2.84 bits per heavy atom. The minimum Gasteiger partial charge on any atom is -0.491 e. The second kappa shape index (κ2) is 9.98. The molecule has 1 atom stereocenters. The number of hydrogen-bond acceptors (Lipinski definition) is 7. The van der Waals surface area contributed by atoms with Crippen molar-refractivity contribution in [3.63, 3.8) is 0 Å². The Hall–Kier alpha value is -2.84. The Kier molecular flexibility index (Phi) is 6.89. The zero-order chi connectivity index (χ0) is 21.6. The molecule has 162 valence electrons. The summed E-state index contributed by atoms with van der Waals surface area (Å²) < 4.78 is 11.7. The molecule has 0 spiro atoms. The van der Waals surface area contributed by atoms with Crippen LogP contribution >= 0.6 is 11.3 Å². The predicted octanol–water partition coefficient (Wildman–Crippen LogP) is 3.96. The summed E-state index contributed by atoms with van der Waals surface area (Å²) >= 11 is 1.63. The maximum absolute atomic E-state index is 12.9. The van der Waals surface area contributed by atoms with Gasteiger partial charge < -0.3 is 14.8 Å². The topological polar surface area (TPSA) is 86.2 Å². The molecule has 0 bridgehead atoms. The Morgan fingerprint density at radius 2 is 2.13 bits per heavy atom. The lowest BCUT2D eigenvalue weighted by atomic mass is 10.1. The first-order valence-electron chi connectivity index (χ1n) is 10.5.